The van der Waals surface area contributed by atoms with Crippen molar-refractivity contribution in [1.29, 1.82) is 0 Å². The Bertz CT molecular complexity index is 795. The van der Waals surface area contributed by atoms with Gasteiger partial charge in [0.15, 0.2) is 0 Å². The summed E-state index contributed by atoms with van der Waals surface area (Å²) in [5.41, 5.74) is 0.908. The second kappa shape index (κ2) is 8.05. The summed E-state index contributed by atoms with van der Waals surface area (Å²) in [6, 6.07) is 7.25. The van der Waals surface area contributed by atoms with Crippen LogP contribution < -0.4 is 15.5 Å². The number of benzene rings is 1. The number of urea groups is 1. The molecule has 29 heavy (non-hydrogen) atoms. The molecule has 1 saturated carbocycles. The lowest BCUT2D eigenvalue weighted by atomic mass is 9.75. The fourth-order valence-electron chi connectivity index (χ4n) is 4.88. The molecule has 2 aliphatic heterocycles. The zero-order valence-corrected chi connectivity index (χ0v) is 17.1. The van der Waals surface area contributed by atoms with E-state index in [1.165, 1.54) is 0 Å². The van der Waals surface area contributed by atoms with E-state index in [2.05, 4.69) is 22.5 Å². The Morgan fingerprint density at radius 3 is 2.55 bits per heavy atom. The third-order valence-corrected chi connectivity index (χ3v) is 6.71. The molecule has 1 aromatic carbocycles. The average Bonchev–Trinajstić information content (AvgIpc) is 3.33. The molecular weight excluding hydrogens is 368 g/mol. The number of hydrogen-bond donors (Lipinski definition) is 2. The van der Waals surface area contributed by atoms with Crippen molar-refractivity contribution in [2.24, 2.45) is 5.92 Å². The highest BCUT2D eigenvalue weighted by molar-refractivity contribution is 6.10. The maximum Gasteiger partial charge on any atom is 0.325 e. The number of anilines is 2. The molecule has 0 atom stereocenters. The SMILES string of the molecule is CCC1CCC2(CC1)NC(=O)N(CC(=O)Nc1ccccc1N1CCCC1)C2=O. The molecule has 1 aromatic rings. The molecule has 0 unspecified atom stereocenters. The molecule has 1 spiro atoms. The van der Waals surface area contributed by atoms with Crippen LogP contribution in [-0.2, 0) is 9.59 Å². The number of para-hydroxylation sites is 2. The molecule has 3 fully saturated rings. The average molecular weight is 399 g/mol. The molecule has 4 amide bonds. The normalized spacial score (nSPS) is 26.9. The van der Waals surface area contributed by atoms with Crippen molar-refractivity contribution in [2.75, 3.05) is 29.9 Å². The van der Waals surface area contributed by atoms with Crippen LogP contribution in [0.3, 0.4) is 0 Å². The van der Waals surface area contributed by atoms with Crippen molar-refractivity contribution >= 4 is 29.2 Å². The molecule has 2 saturated heterocycles. The van der Waals surface area contributed by atoms with Gasteiger partial charge in [0.2, 0.25) is 5.91 Å². The van der Waals surface area contributed by atoms with E-state index in [1.54, 1.807) is 0 Å². The molecule has 2 heterocycles. The Labute approximate surface area is 171 Å². The lowest BCUT2D eigenvalue weighted by Crippen LogP contribution is -2.49. The minimum Gasteiger partial charge on any atom is -0.370 e. The van der Waals surface area contributed by atoms with Crippen molar-refractivity contribution in [1.82, 2.24) is 10.2 Å². The third kappa shape index (κ3) is 3.82. The first-order chi connectivity index (χ1) is 14.0. The van der Waals surface area contributed by atoms with E-state index in [4.69, 9.17) is 0 Å². The van der Waals surface area contributed by atoms with Crippen LogP contribution in [0.25, 0.3) is 0 Å². The Kier molecular flexibility index (Phi) is 5.48. The van der Waals surface area contributed by atoms with E-state index in [9.17, 15) is 14.4 Å². The molecule has 156 valence electrons. The van der Waals surface area contributed by atoms with E-state index in [0.29, 0.717) is 18.8 Å². The molecule has 4 rings (SSSR count). The summed E-state index contributed by atoms with van der Waals surface area (Å²) in [7, 11) is 0. The highest BCUT2D eigenvalue weighted by Crippen LogP contribution is 2.37. The third-order valence-electron chi connectivity index (χ3n) is 6.71. The van der Waals surface area contributed by atoms with Crippen LogP contribution in [0.2, 0.25) is 0 Å². The van der Waals surface area contributed by atoms with Crippen LogP contribution in [0.15, 0.2) is 24.3 Å². The van der Waals surface area contributed by atoms with E-state index in [0.717, 1.165) is 61.5 Å². The number of carbonyl (C=O) groups is 3. The Morgan fingerprint density at radius 2 is 1.86 bits per heavy atom. The quantitative estimate of drug-likeness (QED) is 0.747. The predicted octanol–water partition coefficient (Wildman–Crippen LogP) is 3.12. The van der Waals surface area contributed by atoms with Gasteiger partial charge < -0.3 is 15.5 Å². The number of imide groups is 1. The van der Waals surface area contributed by atoms with Gasteiger partial charge in [-0.15, -0.1) is 0 Å². The molecule has 0 bridgehead atoms. The molecule has 2 N–H and O–H groups in total. The fourth-order valence-corrected chi connectivity index (χ4v) is 4.88. The summed E-state index contributed by atoms with van der Waals surface area (Å²) in [6.45, 7) is 3.86. The molecule has 0 aromatic heterocycles. The van der Waals surface area contributed by atoms with Gasteiger partial charge >= 0.3 is 6.03 Å². The van der Waals surface area contributed by atoms with Crippen LogP contribution in [0.5, 0.6) is 0 Å². The lowest BCUT2D eigenvalue weighted by molar-refractivity contribution is -0.135. The van der Waals surface area contributed by atoms with Gasteiger partial charge in [0, 0.05) is 13.1 Å². The van der Waals surface area contributed by atoms with Crippen molar-refractivity contribution in [3.05, 3.63) is 24.3 Å². The molecule has 7 nitrogen and oxygen atoms in total. The Balaban J connectivity index is 1.42. The summed E-state index contributed by atoms with van der Waals surface area (Å²) in [6.07, 6.45) is 6.58. The summed E-state index contributed by atoms with van der Waals surface area (Å²) in [5.74, 6) is 0.0178. The minimum absolute atomic E-state index is 0.250. The van der Waals surface area contributed by atoms with E-state index < -0.39 is 11.6 Å². The maximum atomic E-state index is 13.0. The van der Waals surface area contributed by atoms with Crippen LogP contribution in [-0.4, -0.2) is 47.9 Å². The predicted molar refractivity (Wildman–Crippen MR) is 112 cm³/mol. The van der Waals surface area contributed by atoms with Gasteiger partial charge in [-0.3, -0.25) is 14.5 Å². The smallest absolute Gasteiger partial charge is 0.325 e. The van der Waals surface area contributed by atoms with Gasteiger partial charge in [-0.2, -0.15) is 0 Å². The van der Waals surface area contributed by atoms with Gasteiger partial charge in [-0.05, 0) is 56.6 Å². The minimum atomic E-state index is -0.809. The number of hydrogen-bond acceptors (Lipinski definition) is 4. The van der Waals surface area contributed by atoms with E-state index in [-0.39, 0.29) is 18.4 Å². The number of amides is 4. The van der Waals surface area contributed by atoms with Crippen molar-refractivity contribution in [3.8, 4) is 0 Å². The van der Waals surface area contributed by atoms with E-state index >= 15 is 0 Å². The summed E-state index contributed by atoms with van der Waals surface area (Å²) in [5, 5.41) is 5.80. The zero-order chi connectivity index (χ0) is 20.4. The number of nitrogens with zero attached hydrogens (tertiary/aromatic N) is 2. The van der Waals surface area contributed by atoms with Gasteiger partial charge in [-0.25, -0.2) is 4.79 Å². The summed E-state index contributed by atoms with van der Waals surface area (Å²) in [4.78, 5) is 41.5. The Hall–Kier alpha value is -2.57. The number of carbonyl (C=O) groups excluding carboxylic acids is 3. The first-order valence-corrected chi connectivity index (χ1v) is 10.8. The fraction of sp³-hybridized carbons (Fsp3) is 0.591. The second-order valence-electron chi connectivity index (χ2n) is 8.51. The van der Waals surface area contributed by atoms with Crippen LogP contribution in [0.1, 0.15) is 51.9 Å². The Morgan fingerprint density at radius 1 is 1.17 bits per heavy atom. The first kappa shape index (κ1) is 19.7. The topological polar surface area (TPSA) is 81.8 Å². The zero-order valence-electron chi connectivity index (χ0n) is 17.1. The standard InChI is InChI=1S/C22H30N4O3/c1-2-16-9-11-22(12-10-16)20(28)26(21(29)24-22)15-19(27)23-17-7-3-4-8-18(17)25-13-5-6-14-25/h3-4,7-8,16H,2,5-6,9-15H2,1H3,(H,23,27)(H,24,29). The van der Waals surface area contributed by atoms with Crippen LogP contribution in [0, 0.1) is 5.92 Å². The summed E-state index contributed by atoms with van der Waals surface area (Å²) >= 11 is 0. The van der Waals surface area contributed by atoms with Gasteiger partial charge in [0.1, 0.15) is 12.1 Å². The molecule has 3 aliphatic rings. The van der Waals surface area contributed by atoms with E-state index in [1.807, 2.05) is 24.3 Å². The highest BCUT2D eigenvalue weighted by atomic mass is 16.2. The first-order valence-electron chi connectivity index (χ1n) is 10.8. The highest BCUT2D eigenvalue weighted by Gasteiger charge is 2.52. The molecular formula is C22H30N4O3. The van der Waals surface area contributed by atoms with Crippen molar-refractivity contribution < 1.29 is 14.4 Å². The van der Waals surface area contributed by atoms with Crippen molar-refractivity contribution in [2.45, 2.75) is 57.4 Å². The van der Waals surface area contributed by atoms with Gasteiger partial charge in [0.05, 0.1) is 11.4 Å². The molecule has 7 heteroatoms. The van der Waals surface area contributed by atoms with Crippen LogP contribution >= 0.6 is 0 Å². The maximum absolute atomic E-state index is 13.0. The second-order valence-corrected chi connectivity index (χ2v) is 8.51. The number of rotatable bonds is 5. The van der Waals surface area contributed by atoms with Crippen molar-refractivity contribution in [3.63, 3.8) is 0 Å². The molecule has 0 radical (unpaired) electrons. The van der Waals surface area contributed by atoms with Gasteiger partial charge in [-0.1, -0.05) is 25.5 Å². The monoisotopic (exact) mass is 398 g/mol. The van der Waals surface area contributed by atoms with Crippen LogP contribution in [0.4, 0.5) is 16.2 Å². The largest absolute Gasteiger partial charge is 0.370 e. The molecule has 1 aliphatic carbocycles. The lowest BCUT2D eigenvalue weighted by Gasteiger charge is -2.34. The van der Waals surface area contributed by atoms with Gasteiger partial charge in [0.25, 0.3) is 5.91 Å². The summed E-state index contributed by atoms with van der Waals surface area (Å²) < 4.78 is 0. The number of nitrogens with one attached hydrogen (secondary N) is 2.